The molecule has 0 unspecified atom stereocenters. The maximum absolute atomic E-state index is 12.3. The first-order chi connectivity index (χ1) is 11.3. The third-order valence-corrected chi connectivity index (χ3v) is 3.29. The van der Waals surface area contributed by atoms with E-state index in [1.54, 1.807) is 6.07 Å². The Morgan fingerprint density at radius 1 is 1.12 bits per heavy atom. The monoisotopic (exact) mass is 330 g/mol. The molecule has 8 heteroatoms. The Morgan fingerprint density at radius 2 is 1.79 bits per heavy atom. The van der Waals surface area contributed by atoms with E-state index >= 15 is 0 Å². The van der Waals surface area contributed by atoms with Gasteiger partial charge in [-0.25, -0.2) is 9.59 Å². The fourth-order valence-corrected chi connectivity index (χ4v) is 2.08. The zero-order valence-electron chi connectivity index (χ0n) is 12.9. The Hall–Kier alpha value is -3.42. The van der Waals surface area contributed by atoms with Gasteiger partial charge in [-0.15, -0.1) is 0 Å². The molecule has 1 heterocycles. The van der Waals surface area contributed by atoms with Gasteiger partial charge >= 0.3 is 11.9 Å². The van der Waals surface area contributed by atoms with E-state index < -0.39 is 23.4 Å². The molecule has 0 aliphatic rings. The molecule has 0 spiro atoms. The van der Waals surface area contributed by atoms with Crippen molar-refractivity contribution in [2.24, 2.45) is 0 Å². The van der Waals surface area contributed by atoms with E-state index in [0.717, 1.165) is 6.07 Å². The predicted molar refractivity (Wildman–Crippen MR) is 84.5 cm³/mol. The highest BCUT2D eigenvalue weighted by atomic mass is 16.5. The Labute approximate surface area is 136 Å². The molecule has 0 fully saturated rings. The molecular weight excluding hydrogens is 316 g/mol. The van der Waals surface area contributed by atoms with Crippen LogP contribution in [0.25, 0.3) is 0 Å². The van der Waals surface area contributed by atoms with E-state index in [-0.39, 0.29) is 28.1 Å². The number of carboxylic acid groups (broad SMARTS) is 1. The molecule has 1 amide bonds. The summed E-state index contributed by atoms with van der Waals surface area (Å²) in [5.41, 5.74) is -0.827. The first-order valence-corrected chi connectivity index (χ1v) is 6.81. The van der Waals surface area contributed by atoms with Crippen LogP contribution in [0.5, 0.6) is 0 Å². The highest BCUT2D eigenvalue weighted by Crippen LogP contribution is 2.16. The van der Waals surface area contributed by atoms with Crippen LogP contribution in [-0.4, -0.2) is 35.0 Å². The topological polar surface area (TPSA) is 126 Å². The lowest BCUT2D eigenvalue weighted by Crippen LogP contribution is -2.26. The number of hydrogen-bond acceptors (Lipinski definition) is 5. The first kappa shape index (κ1) is 16.9. The summed E-state index contributed by atoms with van der Waals surface area (Å²) in [5.74, 6) is -2.77. The summed E-state index contributed by atoms with van der Waals surface area (Å²) in [7, 11) is 1.18. The minimum atomic E-state index is -1.22. The lowest BCUT2D eigenvalue weighted by atomic mass is 10.1. The minimum Gasteiger partial charge on any atom is -0.478 e. The van der Waals surface area contributed by atoms with Crippen LogP contribution < -0.4 is 10.9 Å². The number of aromatic carboxylic acids is 1. The largest absolute Gasteiger partial charge is 0.478 e. The van der Waals surface area contributed by atoms with Gasteiger partial charge in [-0.05, 0) is 25.1 Å². The van der Waals surface area contributed by atoms with Crippen molar-refractivity contribution in [1.29, 1.82) is 0 Å². The molecule has 0 aliphatic carbocycles. The number of aromatic nitrogens is 1. The number of benzene rings is 1. The predicted octanol–water partition coefficient (Wildman–Crippen LogP) is 1.42. The van der Waals surface area contributed by atoms with Crippen LogP contribution >= 0.6 is 0 Å². The molecule has 8 nitrogen and oxygen atoms in total. The number of ether oxygens (including phenoxy) is 1. The van der Waals surface area contributed by atoms with Crippen LogP contribution in [0.15, 0.2) is 35.1 Å². The average Bonchev–Trinajstić information content (AvgIpc) is 2.54. The van der Waals surface area contributed by atoms with Crippen molar-refractivity contribution in [2.45, 2.75) is 6.92 Å². The molecule has 0 atom stereocenters. The summed E-state index contributed by atoms with van der Waals surface area (Å²) in [4.78, 5) is 49.5. The number of nitrogens with one attached hydrogen (secondary N) is 2. The maximum Gasteiger partial charge on any atom is 0.339 e. The van der Waals surface area contributed by atoms with Crippen molar-refractivity contribution in [2.75, 3.05) is 12.4 Å². The van der Waals surface area contributed by atoms with Gasteiger partial charge < -0.3 is 20.1 Å². The summed E-state index contributed by atoms with van der Waals surface area (Å²) in [6.45, 7) is 1.50. The van der Waals surface area contributed by atoms with Crippen LogP contribution in [-0.2, 0) is 4.74 Å². The van der Waals surface area contributed by atoms with E-state index in [1.165, 1.54) is 32.2 Å². The lowest BCUT2D eigenvalue weighted by molar-refractivity contribution is 0.0598. The molecule has 2 aromatic rings. The summed E-state index contributed by atoms with van der Waals surface area (Å²) in [5, 5.41) is 11.5. The quantitative estimate of drug-likeness (QED) is 0.728. The van der Waals surface area contributed by atoms with Gasteiger partial charge in [-0.3, -0.25) is 9.59 Å². The number of aryl methyl sites for hydroxylation is 1. The second kappa shape index (κ2) is 6.78. The van der Waals surface area contributed by atoms with Crippen LogP contribution in [0.2, 0.25) is 0 Å². The van der Waals surface area contributed by atoms with Gasteiger partial charge in [-0.1, -0.05) is 12.1 Å². The molecule has 24 heavy (non-hydrogen) atoms. The number of carbonyl (C=O) groups excluding carboxylic acids is 2. The fourth-order valence-electron chi connectivity index (χ4n) is 2.08. The number of esters is 1. The molecule has 0 radical (unpaired) electrons. The third kappa shape index (κ3) is 3.32. The molecule has 0 saturated heterocycles. The fraction of sp³-hybridized carbons (Fsp3) is 0.125. The van der Waals surface area contributed by atoms with Crippen molar-refractivity contribution >= 4 is 23.5 Å². The van der Waals surface area contributed by atoms with Gasteiger partial charge in [0.05, 0.1) is 23.9 Å². The van der Waals surface area contributed by atoms with E-state index in [4.69, 9.17) is 5.11 Å². The SMILES string of the molecule is COC(=O)c1cc(C(=O)Nc2ccccc2C(=O)O)c(=O)[nH]c1C. The third-order valence-electron chi connectivity index (χ3n) is 3.29. The standard InChI is InChI=1S/C16H14N2O6/c1-8-10(16(23)24-2)7-11(13(19)17-8)14(20)18-12-6-4-3-5-9(12)15(21)22/h3-7H,1-2H3,(H,17,19)(H,18,20)(H,21,22). The van der Waals surface area contributed by atoms with Crippen LogP contribution in [0.3, 0.4) is 0 Å². The zero-order chi connectivity index (χ0) is 17.9. The maximum atomic E-state index is 12.3. The van der Waals surface area contributed by atoms with E-state index in [9.17, 15) is 19.2 Å². The van der Waals surface area contributed by atoms with Crippen LogP contribution in [0.1, 0.15) is 36.8 Å². The summed E-state index contributed by atoms with van der Waals surface area (Å²) in [6, 6.07) is 6.87. The number of pyridine rings is 1. The smallest absolute Gasteiger partial charge is 0.339 e. The Morgan fingerprint density at radius 3 is 2.42 bits per heavy atom. The number of para-hydroxylation sites is 1. The molecule has 3 N–H and O–H groups in total. The molecular formula is C16H14N2O6. The van der Waals surface area contributed by atoms with Crippen LogP contribution in [0.4, 0.5) is 5.69 Å². The number of anilines is 1. The number of H-pyrrole nitrogens is 1. The number of aromatic amines is 1. The Kier molecular flexibility index (Phi) is 4.78. The van der Waals surface area contributed by atoms with E-state index in [2.05, 4.69) is 15.0 Å². The minimum absolute atomic E-state index is 0.0359. The van der Waals surface area contributed by atoms with Gasteiger partial charge in [0.25, 0.3) is 11.5 Å². The normalized spacial score (nSPS) is 10.1. The average molecular weight is 330 g/mol. The van der Waals surface area contributed by atoms with Gasteiger partial charge in [0, 0.05) is 5.69 Å². The van der Waals surface area contributed by atoms with Crippen molar-refractivity contribution in [1.82, 2.24) is 4.98 Å². The van der Waals surface area contributed by atoms with Gasteiger partial charge in [-0.2, -0.15) is 0 Å². The van der Waals surface area contributed by atoms with Crippen molar-refractivity contribution in [3.8, 4) is 0 Å². The van der Waals surface area contributed by atoms with Gasteiger partial charge in [0.2, 0.25) is 0 Å². The van der Waals surface area contributed by atoms with Crippen molar-refractivity contribution < 1.29 is 24.2 Å². The number of carboxylic acids is 1. The highest BCUT2D eigenvalue weighted by molar-refractivity contribution is 6.08. The molecule has 1 aromatic heterocycles. The lowest BCUT2D eigenvalue weighted by Gasteiger charge is -2.09. The highest BCUT2D eigenvalue weighted by Gasteiger charge is 2.19. The molecule has 2 rings (SSSR count). The number of hydrogen-bond donors (Lipinski definition) is 3. The molecule has 0 bridgehead atoms. The Bertz CT molecular complexity index is 884. The summed E-state index contributed by atoms with van der Waals surface area (Å²) < 4.78 is 4.59. The van der Waals surface area contributed by atoms with Crippen molar-refractivity contribution in [3.63, 3.8) is 0 Å². The number of amides is 1. The van der Waals surface area contributed by atoms with E-state index in [0.29, 0.717) is 0 Å². The van der Waals surface area contributed by atoms with Crippen molar-refractivity contribution in [3.05, 3.63) is 63.1 Å². The molecule has 124 valence electrons. The number of rotatable bonds is 4. The van der Waals surface area contributed by atoms with Crippen LogP contribution in [0, 0.1) is 6.92 Å². The first-order valence-electron chi connectivity index (χ1n) is 6.81. The second-order valence-electron chi connectivity index (χ2n) is 4.85. The van der Waals surface area contributed by atoms with Gasteiger partial charge in [0.15, 0.2) is 0 Å². The molecule has 0 saturated carbocycles. The van der Waals surface area contributed by atoms with E-state index in [1.807, 2.05) is 0 Å². The second-order valence-corrected chi connectivity index (χ2v) is 4.85. The number of carbonyl (C=O) groups is 3. The van der Waals surface area contributed by atoms with Gasteiger partial charge in [0.1, 0.15) is 5.56 Å². The summed E-state index contributed by atoms with van der Waals surface area (Å²) >= 11 is 0. The Balaban J connectivity index is 2.43. The molecule has 1 aromatic carbocycles. The number of methoxy groups -OCH3 is 1. The summed E-state index contributed by atoms with van der Waals surface area (Å²) in [6.07, 6.45) is 0. The molecule has 0 aliphatic heterocycles. The zero-order valence-corrected chi connectivity index (χ0v) is 12.9.